The van der Waals surface area contributed by atoms with Crippen molar-refractivity contribution in [1.29, 1.82) is 0 Å². The molecule has 0 amide bonds. The number of fused-ring (bicyclic) bond motifs is 1. The largest absolute Gasteiger partial charge is 0.486 e. The first-order valence-corrected chi connectivity index (χ1v) is 11.1. The van der Waals surface area contributed by atoms with Gasteiger partial charge in [0, 0.05) is 25.4 Å². The second kappa shape index (κ2) is 9.65. The normalized spacial score (nSPS) is 18.3. The van der Waals surface area contributed by atoms with Crippen molar-refractivity contribution in [3.8, 4) is 11.5 Å². The van der Waals surface area contributed by atoms with E-state index in [1.165, 1.54) is 5.56 Å². The molecule has 7 nitrogen and oxygen atoms in total. The van der Waals surface area contributed by atoms with E-state index in [1.807, 2.05) is 12.1 Å². The predicted octanol–water partition coefficient (Wildman–Crippen LogP) is 3.14. The minimum Gasteiger partial charge on any atom is -0.486 e. The minimum absolute atomic E-state index is 0.329. The van der Waals surface area contributed by atoms with Crippen molar-refractivity contribution in [2.75, 3.05) is 32.6 Å². The van der Waals surface area contributed by atoms with Crippen molar-refractivity contribution < 1.29 is 14.2 Å². The molecule has 2 aromatic rings. The predicted molar refractivity (Wildman–Crippen MR) is 113 cm³/mol. The Bertz CT molecular complexity index is 835. The zero-order valence-electron chi connectivity index (χ0n) is 16.9. The summed E-state index contributed by atoms with van der Waals surface area (Å²) in [6.07, 6.45) is 4.51. The van der Waals surface area contributed by atoms with Crippen LogP contribution in [-0.2, 0) is 24.4 Å². The van der Waals surface area contributed by atoms with E-state index in [9.17, 15) is 0 Å². The average Bonchev–Trinajstić information content (AvgIpc) is 3.37. The van der Waals surface area contributed by atoms with E-state index in [2.05, 4.69) is 45.4 Å². The van der Waals surface area contributed by atoms with E-state index in [0.717, 1.165) is 54.2 Å². The molecule has 0 radical (unpaired) electrons. The summed E-state index contributed by atoms with van der Waals surface area (Å²) in [7, 11) is 2.09. The van der Waals surface area contributed by atoms with Crippen LogP contribution >= 0.6 is 11.8 Å². The van der Waals surface area contributed by atoms with E-state index < -0.39 is 0 Å². The molecule has 4 rings (SSSR count). The summed E-state index contributed by atoms with van der Waals surface area (Å²) in [5, 5.41) is 9.81. The summed E-state index contributed by atoms with van der Waals surface area (Å²) >= 11 is 1.72. The lowest BCUT2D eigenvalue weighted by atomic mass is 10.2. The van der Waals surface area contributed by atoms with Gasteiger partial charge < -0.3 is 18.8 Å². The molecule has 2 aliphatic heterocycles. The van der Waals surface area contributed by atoms with Crippen molar-refractivity contribution in [2.45, 2.75) is 43.7 Å². The molecule has 2 aliphatic rings. The number of hydrogen-bond acceptors (Lipinski definition) is 7. The first-order valence-electron chi connectivity index (χ1n) is 10.1. The Labute approximate surface area is 176 Å². The number of ether oxygens (including phenoxy) is 3. The molecule has 1 saturated heterocycles. The first-order chi connectivity index (χ1) is 14.2. The monoisotopic (exact) mass is 416 g/mol. The van der Waals surface area contributed by atoms with E-state index in [4.69, 9.17) is 14.2 Å². The van der Waals surface area contributed by atoms with Crippen LogP contribution in [0.2, 0.25) is 0 Å². The van der Waals surface area contributed by atoms with Gasteiger partial charge >= 0.3 is 0 Å². The highest BCUT2D eigenvalue weighted by Gasteiger charge is 2.19. The molecule has 1 aromatic heterocycles. The summed E-state index contributed by atoms with van der Waals surface area (Å²) in [5.74, 6) is 3.51. The third-order valence-electron chi connectivity index (χ3n) is 5.00. The Kier molecular flexibility index (Phi) is 6.74. The van der Waals surface area contributed by atoms with Gasteiger partial charge in [0.1, 0.15) is 19.0 Å². The number of benzene rings is 1. The van der Waals surface area contributed by atoms with Crippen LogP contribution in [0.5, 0.6) is 11.5 Å². The summed E-state index contributed by atoms with van der Waals surface area (Å²) in [6, 6.07) is 6.13. The maximum atomic E-state index is 5.73. The standard InChI is InChI=1S/C21H28N4O3S/c1-3-8-25-20(22-23-21(25)29-15-17-5-4-9-26-17)14-24(2)13-16-6-7-18-19(12-16)28-11-10-27-18/h3,6-7,12,17H,1,4-5,8-11,13-15H2,2H3/t17-/m1/s1. The van der Waals surface area contributed by atoms with Gasteiger partial charge in [-0.3, -0.25) is 4.90 Å². The molecular formula is C21H28N4O3S. The highest BCUT2D eigenvalue weighted by molar-refractivity contribution is 7.99. The maximum Gasteiger partial charge on any atom is 0.191 e. The Hall–Kier alpha value is -2.03. The van der Waals surface area contributed by atoms with Gasteiger partial charge in [-0.25, -0.2) is 0 Å². The Morgan fingerprint density at radius 2 is 2.07 bits per heavy atom. The molecule has 1 aromatic carbocycles. The van der Waals surface area contributed by atoms with Crippen molar-refractivity contribution in [2.24, 2.45) is 0 Å². The van der Waals surface area contributed by atoms with Crippen LogP contribution in [-0.4, -0.2) is 58.4 Å². The van der Waals surface area contributed by atoms with Gasteiger partial charge in [0.15, 0.2) is 16.7 Å². The van der Waals surface area contributed by atoms with Crippen LogP contribution in [0, 0.1) is 0 Å². The molecule has 0 saturated carbocycles. The molecule has 1 fully saturated rings. The second-order valence-corrected chi connectivity index (χ2v) is 8.38. The molecule has 0 N–H and O–H groups in total. The van der Waals surface area contributed by atoms with Crippen molar-refractivity contribution in [3.05, 3.63) is 42.2 Å². The van der Waals surface area contributed by atoms with Gasteiger partial charge in [0.05, 0.1) is 12.6 Å². The quantitative estimate of drug-likeness (QED) is 0.460. The van der Waals surface area contributed by atoms with Gasteiger partial charge in [-0.05, 0) is 37.6 Å². The number of hydrogen-bond donors (Lipinski definition) is 0. The number of nitrogens with zero attached hydrogens (tertiary/aromatic N) is 4. The molecule has 8 heteroatoms. The third-order valence-corrected chi connectivity index (χ3v) is 6.10. The van der Waals surface area contributed by atoms with E-state index in [0.29, 0.717) is 32.4 Å². The zero-order valence-corrected chi connectivity index (χ0v) is 17.7. The van der Waals surface area contributed by atoms with Gasteiger partial charge in [0.2, 0.25) is 0 Å². The Balaban J connectivity index is 1.39. The average molecular weight is 417 g/mol. The SMILES string of the molecule is C=CCn1c(CN(C)Cc2ccc3c(c2)OCCO3)nnc1SC[C@H]1CCCO1. The minimum atomic E-state index is 0.329. The van der Waals surface area contributed by atoms with Gasteiger partial charge in [-0.1, -0.05) is 23.9 Å². The van der Waals surface area contributed by atoms with E-state index in [1.54, 1.807) is 11.8 Å². The van der Waals surface area contributed by atoms with Crippen LogP contribution in [0.4, 0.5) is 0 Å². The molecule has 0 unspecified atom stereocenters. The summed E-state index contributed by atoms with van der Waals surface area (Å²) < 4.78 is 19.2. The smallest absolute Gasteiger partial charge is 0.191 e. The highest BCUT2D eigenvalue weighted by atomic mass is 32.2. The molecule has 0 bridgehead atoms. The van der Waals surface area contributed by atoms with E-state index in [-0.39, 0.29) is 0 Å². The first kappa shape index (κ1) is 20.3. The lowest BCUT2D eigenvalue weighted by molar-refractivity contribution is 0.129. The highest BCUT2D eigenvalue weighted by Crippen LogP contribution is 2.31. The molecule has 156 valence electrons. The van der Waals surface area contributed by atoms with Crippen LogP contribution in [0.15, 0.2) is 36.0 Å². The van der Waals surface area contributed by atoms with Crippen molar-refractivity contribution >= 4 is 11.8 Å². The number of allylic oxidation sites excluding steroid dienone is 1. The lowest BCUT2D eigenvalue weighted by Crippen LogP contribution is -2.21. The number of rotatable bonds is 9. The fourth-order valence-corrected chi connectivity index (χ4v) is 4.63. The summed E-state index contributed by atoms with van der Waals surface area (Å²) in [4.78, 5) is 2.23. The summed E-state index contributed by atoms with van der Waals surface area (Å²) in [6.45, 7) is 8.17. The maximum absolute atomic E-state index is 5.73. The van der Waals surface area contributed by atoms with Gasteiger partial charge in [0.25, 0.3) is 0 Å². The van der Waals surface area contributed by atoms with Crippen molar-refractivity contribution in [1.82, 2.24) is 19.7 Å². The fourth-order valence-electron chi connectivity index (χ4n) is 3.59. The fraction of sp³-hybridized carbons (Fsp3) is 0.524. The molecule has 1 atom stereocenters. The van der Waals surface area contributed by atoms with Crippen LogP contribution in [0.25, 0.3) is 0 Å². The lowest BCUT2D eigenvalue weighted by Gasteiger charge is -2.21. The van der Waals surface area contributed by atoms with Gasteiger partial charge in [-0.15, -0.1) is 16.8 Å². The topological polar surface area (TPSA) is 61.6 Å². The number of thioether (sulfide) groups is 1. The van der Waals surface area contributed by atoms with Crippen LogP contribution in [0.3, 0.4) is 0 Å². The van der Waals surface area contributed by atoms with Crippen LogP contribution < -0.4 is 9.47 Å². The molecule has 3 heterocycles. The molecular weight excluding hydrogens is 388 g/mol. The van der Waals surface area contributed by atoms with Gasteiger partial charge in [-0.2, -0.15) is 0 Å². The molecule has 0 aliphatic carbocycles. The van der Waals surface area contributed by atoms with Crippen LogP contribution in [0.1, 0.15) is 24.2 Å². The molecule has 0 spiro atoms. The second-order valence-electron chi connectivity index (χ2n) is 7.39. The zero-order chi connectivity index (χ0) is 20.1. The van der Waals surface area contributed by atoms with Crippen molar-refractivity contribution in [3.63, 3.8) is 0 Å². The summed E-state index contributed by atoms with van der Waals surface area (Å²) in [5.41, 5.74) is 1.18. The van der Waals surface area contributed by atoms with E-state index >= 15 is 0 Å². The number of aromatic nitrogens is 3. The third kappa shape index (κ3) is 5.12. The Morgan fingerprint density at radius 1 is 1.21 bits per heavy atom. The Morgan fingerprint density at radius 3 is 2.86 bits per heavy atom. The molecule has 29 heavy (non-hydrogen) atoms.